The molecular weight excluding hydrogens is 484 g/mol. The normalized spacial score (nSPS) is 18.9. The van der Waals surface area contributed by atoms with Crippen molar-refractivity contribution in [2.24, 2.45) is 11.8 Å². The lowest BCUT2D eigenvalue weighted by molar-refractivity contribution is -0.141. The van der Waals surface area contributed by atoms with Gasteiger partial charge in [0.25, 0.3) is 5.92 Å². The Balaban J connectivity index is 1.39. The number of aromatic nitrogens is 1. The van der Waals surface area contributed by atoms with Crippen LogP contribution >= 0.6 is 11.6 Å². The predicted octanol–water partition coefficient (Wildman–Crippen LogP) is 5.34. The van der Waals surface area contributed by atoms with Crippen molar-refractivity contribution in [3.8, 4) is 5.69 Å². The molecule has 35 heavy (non-hydrogen) atoms. The summed E-state index contributed by atoms with van der Waals surface area (Å²) in [7, 11) is 0. The Morgan fingerprint density at radius 3 is 2.34 bits per heavy atom. The van der Waals surface area contributed by atoms with Crippen LogP contribution in [0.15, 0.2) is 66.9 Å². The number of carbonyl (C=O) groups is 3. The molecule has 1 heterocycles. The fraction of sp³-hybridized carbons (Fsp3) is 0.208. The number of anilines is 2. The first-order valence-electron chi connectivity index (χ1n) is 10.5. The van der Waals surface area contributed by atoms with E-state index in [1.807, 2.05) is 0 Å². The van der Waals surface area contributed by atoms with Crippen LogP contribution in [0.2, 0.25) is 5.02 Å². The molecule has 3 N–H and O–H groups in total. The van der Waals surface area contributed by atoms with Gasteiger partial charge in [-0.3, -0.25) is 14.9 Å². The first kappa shape index (κ1) is 24.2. The predicted molar refractivity (Wildman–Crippen MR) is 124 cm³/mol. The SMILES string of the molecule is C[C@@H](OC(=O)Nc1cccn1-c1ccc(NC(=O)C2[C@@H](C(=O)O)C2(F)F)cc1)c1ccccc1Cl. The molecule has 0 saturated heterocycles. The number of halogens is 3. The number of aliphatic carboxylic acids is 1. The van der Waals surface area contributed by atoms with Gasteiger partial charge in [0.05, 0.1) is 0 Å². The van der Waals surface area contributed by atoms with E-state index >= 15 is 0 Å². The number of hydrogen-bond acceptors (Lipinski definition) is 4. The van der Waals surface area contributed by atoms with Crippen LogP contribution in [0.1, 0.15) is 18.6 Å². The van der Waals surface area contributed by atoms with E-state index in [0.29, 0.717) is 22.1 Å². The number of nitrogens with zero attached hydrogens (tertiary/aromatic N) is 1. The second kappa shape index (κ2) is 9.38. The van der Waals surface area contributed by atoms with Crippen molar-refractivity contribution in [3.63, 3.8) is 0 Å². The fourth-order valence-corrected chi connectivity index (χ4v) is 4.05. The summed E-state index contributed by atoms with van der Waals surface area (Å²) in [6.07, 6.45) is 0.400. The standard InChI is InChI=1S/C24H20ClF2N3O5/c1-13(16-5-2-3-6-17(16)25)35-23(34)29-18-7-4-12-30(18)15-10-8-14(9-11-15)28-21(31)19-20(22(32)33)24(19,26)27/h2-13,19-20H,1H3,(H,28,31)(H,29,34)(H,32,33)/t13-,19?,20+/m1/s1. The Hall–Kier alpha value is -3.92. The number of rotatable bonds is 7. The summed E-state index contributed by atoms with van der Waals surface area (Å²) >= 11 is 6.15. The van der Waals surface area contributed by atoms with Crippen molar-refractivity contribution in [3.05, 3.63) is 77.4 Å². The number of benzene rings is 2. The van der Waals surface area contributed by atoms with Crippen LogP contribution in [0.5, 0.6) is 0 Å². The molecule has 1 aromatic heterocycles. The highest BCUT2D eigenvalue weighted by Crippen LogP contribution is 2.55. The van der Waals surface area contributed by atoms with Crippen molar-refractivity contribution in [1.82, 2.24) is 4.57 Å². The lowest BCUT2D eigenvalue weighted by Crippen LogP contribution is -2.18. The summed E-state index contributed by atoms with van der Waals surface area (Å²) in [6.45, 7) is 1.70. The molecule has 182 valence electrons. The first-order chi connectivity index (χ1) is 16.6. The zero-order valence-corrected chi connectivity index (χ0v) is 19.0. The number of carbonyl (C=O) groups excluding carboxylic acids is 2. The average molecular weight is 504 g/mol. The van der Waals surface area contributed by atoms with Crippen molar-refractivity contribution in [2.75, 3.05) is 10.6 Å². The van der Waals surface area contributed by atoms with E-state index in [2.05, 4.69) is 10.6 Å². The first-order valence-corrected chi connectivity index (χ1v) is 10.9. The number of carboxylic acids is 1. The molecule has 4 rings (SSSR count). The number of nitrogens with one attached hydrogen (secondary N) is 2. The quantitative estimate of drug-likeness (QED) is 0.403. The average Bonchev–Trinajstić information content (AvgIpc) is 3.12. The summed E-state index contributed by atoms with van der Waals surface area (Å²) in [4.78, 5) is 35.4. The third-order valence-electron chi connectivity index (χ3n) is 5.62. The minimum Gasteiger partial charge on any atom is -0.481 e. The molecule has 1 saturated carbocycles. The van der Waals surface area contributed by atoms with Crippen molar-refractivity contribution >= 4 is 41.1 Å². The molecule has 2 amide bonds. The number of hydrogen-bond donors (Lipinski definition) is 3. The van der Waals surface area contributed by atoms with Gasteiger partial charge in [-0.2, -0.15) is 0 Å². The molecule has 0 bridgehead atoms. The maximum absolute atomic E-state index is 13.6. The molecule has 1 unspecified atom stereocenters. The molecule has 3 atom stereocenters. The maximum atomic E-state index is 13.6. The van der Waals surface area contributed by atoms with E-state index in [0.717, 1.165) is 0 Å². The van der Waals surface area contributed by atoms with Gasteiger partial charge in [-0.25, -0.2) is 13.6 Å². The molecule has 2 aromatic carbocycles. The topological polar surface area (TPSA) is 110 Å². The van der Waals surface area contributed by atoms with Crippen LogP contribution in [-0.4, -0.2) is 33.6 Å². The van der Waals surface area contributed by atoms with E-state index < -0.39 is 41.8 Å². The lowest BCUT2D eigenvalue weighted by Gasteiger charge is -2.16. The molecule has 1 aliphatic carbocycles. The highest BCUT2D eigenvalue weighted by atomic mass is 35.5. The van der Waals surface area contributed by atoms with E-state index in [1.54, 1.807) is 66.2 Å². The van der Waals surface area contributed by atoms with E-state index in [4.69, 9.17) is 21.4 Å². The van der Waals surface area contributed by atoms with E-state index in [1.165, 1.54) is 12.1 Å². The minimum absolute atomic E-state index is 0.222. The van der Waals surface area contributed by atoms with Gasteiger partial charge in [0, 0.05) is 28.2 Å². The van der Waals surface area contributed by atoms with Gasteiger partial charge < -0.3 is 19.7 Å². The van der Waals surface area contributed by atoms with Gasteiger partial charge in [0.15, 0.2) is 0 Å². The summed E-state index contributed by atoms with van der Waals surface area (Å²) in [6, 6.07) is 16.5. The summed E-state index contributed by atoms with van der Waals surface area (Å²) in [5.41, 5.74) is 1.49. The van der Waals surface area contributed by atoms with Gasteiger partial charge in [-0.1, -0.05) is 29.8 Å². The Kier molecular flexibility index (Phi) is 6.49. The van der Waals surface area contributed by atoms with Gasteiger partial charge in [-0.05, 0) is 49.4 Å². The van der Waals surface area contributed by atoms with E-state index in [-0.39, 0.29) is 5.69 Å². The smallest absolute Gasteiger partial charge is 0.413 e. The second-order valence-corrected chi connectivity index (χ2v) is 8.37. The van der Waals surface area contributed by atoms with Crippen LogP contribution in [0.25, 0.3) is 5.69 Å². The molecule has 0 spiro atoms. The summed E-state index contributed by atoms with van der Waals surface area (Å²) in [5.74, 6) is -9.86. The molecule has 3 aromatic rings. The highest BCUT2D eigenvalue weighted by Gasteiger charge is 2.75. The number of amides is 2. The van der Waals surface area contributed by atoms with Gasteiger partial charge in [0.2, 0.25) is 5.91 Å². The van der Waals surface area contributed by atoms with Crippen molar-refractivity contribution in [2.45, 2.75) is 19.0 Å². The molecule has 0 radical (unpaired) electrons. The summed E-state index contributed by atoms with van der Waals surface area (Å²) in [5, 5.41) is 14.3. The van der Waals surface area contributed by atoms with Gasteiger partial charge >= 0.3 is 12.1 Å². The Morgan fingerprint density at radius 2 is 1.71 bits per heavy atom. The second-order valence-electron chi connectivity index (χ2n) is 7.96. The fourth-order valence-electron chi connectivity index (χ4n) is 3.76. The van der Waals surface area contributed by atoms with Gasteiger partial charge in [0.1, 0.15) is 23.8 Å². The third-order valence-corrected chi connectivity index (χ3v) is 5.97. The van der Waals surface area contributed by atoms with Crippen LogP contribution in [-0.2, 0) is 14.3 Å². The number of carboxylic acid groups (broad SMARTS) is 1. The monoisotopic (exact) mass is 503 g/mol. The molecule has 11 heteroatoms. The highest BCUT2D eigenvalue weighted by molar-refractivity contribution is 6.31. The van der Waals surface area contributed by atoms with Crippen molar-refractivity contribution in [1.29, 1.82) is 0 Å². The molecule has 1 aliphatic rings. The minimum atomic E-state index is -3.57. The van der Waals surface area contributed by atoms with Crippen LogP contribution in [0.3, 0.4) is 0 Å². The van der Waals surface area contributed by atoms with Crippen LogP contribution < -0.4 is 10.6 Å². The molecule has 1 fully saturated rings. The van der Waals surface area contributed by atoms with Crippen LogP contribution in [0.4, 0.5) is 25.1 Å². The van der Waals surface area contributed by atoms with E-state index in [9.17, 15) is 23.2 Å². The largest absolute Gasteiger partial charge is 0.481 e. The number of ether oxygens (including phenoxy) is 1. The Bertz CT molecular complexity index is 1280. The molecular formula is C24H20ClF2N3O5. The summed E-state index contributed by atoms with van der Waals surface area (Å²) < 4.78 is 34.2. The zero-order valence-electron chi connectivity index (χ0n) is 18.2. The lowest BCUT2D eigenvalue weighted by atomic mass is 10.1. The third kappa shape index (κ3) is 4.97. The molecule has 0 aliphatic heterocycles. The van der Waals surface area contributed by atoms with Crippen molar-refractivity contribution < 1.29 is 33.0 Å². The van der Waals surface area contributed by atoms with Gasteiger partial charge in [-0.15, -0.1) is 0 Å². The molecule has 8 nitrogen and oxygen atoms in total. The zero-order chi connectivity index (χ0) is 25.3. The number of alkyl halides is 2. The Labute approximate surface area is 203 Å². The maximum Gasteiger partial charge on any atom is 0.413 e. The van der Waals surface area contributed by atoms with Crippen LogP contribution in [0, 0.1) is 11.8 Å². The Morgan fingerprint density at radius 1 is 1.03 bits per heavy atom.